The zero-order valence-electron chi connectivity index (χ0n) is 68.4. The molecule has 0 fully saturated rings. The molecule has 0 saturated carbocycles. The first-order valence-corrected chi connectivity index (χ1v) is 45.3. The molecule has 0 radical (unpaired) electrons. The maximum absolute atomic E-state index is 6.24. The second kappa shape index (κ2) is 47.3. The van der Waals surface area contributed by atoms with E-state index in [1.807, 2.05) is 0 Å². The topological polar surface area (TPSA) is 57.4 Å². The number of aromatic nitrogens is 4. The quantitative estimate of drug-likeness (QED) is 0.0373. The molecule has 0 spiro atoms. The van der Waals surface area contributed by atoms with Crippen molar-refractivity contribution in [3.8, 4) is 45.0 Å². The molecule has 0 amide bonds. The predicted molar refractivity (Wildman–Crippen MR) is 462 cm³/mol. The highest BCUT2D eigenvalue weighted by molar-refractivity contribution is 6.14. The summed E-state index contributed by atoms with van der Waals surface area (Å²) in [6.45, 7) is 18.8. The van der Waals surface area contributed by atoms with E-state index in [2.05, 4.69) is 138 Å². The predicted octanol–water partition coefficient (Wildman–Crippen LogP) is 32.5. The van der Waals surface area contributed by atoms with Gasteiger partial charge in [-0.25, -0.2) is 9.97 Å². The van der Waals surface area contributed by atoms with Crippen LogP contribution in [0.5, 0.6) is 0 Å². The number of H-pyrrole nitrogens is 2. The largest absolute Gasteiger partial charge is 0.354 e. The van der Waals surface area contributed by atoms with Gasteiger partial charge in [0.2, 0.25) is 0 Å². The van der Waals surface area contributed by atoms with Gasteiger partial charge in [0, 0.05) is 65.9 Å². The highest BCUT2D eigenvalue weighted by atomic mass is 14.8. The molecule has 0 unspecified atom stereocenters. The van der Waals surface area contributed by atoms with E-state index in [1.165, 1.54) is 419 Å². The minimum atomic E-state index is 1.08. The van der Waals surface area contributed by atoms with Gasteiger partial charge in [-0.3, -0.25) is 0 Å². The highest BCUT2D eigenvalue weighted by Crippen LogP contribution is 2.48. The Bertz CT molecular complexity index is 3310. The van der Waals surface area contributed by atoms with Crippen LogP contribution in [0, 0.1) is 0 Å². The molecule has 7 aromatic rings. The SMILES string of the molecule is CCCCCCCCc1ccc(CCCCCCCC)c2c1-c1cc3[nH]c(cc4nc(cc5[nH]c(cc-2n1)c1c(CCCCCCCC)ccc(CCCCCCCC)c51)-c1c(CCCCCCCC)ccc(CCCCCCCC)c1-4)c1c(CCCCCCCC)ccc(CCCCCCCC)c31. The second-order valence-corrected chi connectivity index (χ2v) is 32.9. The van der Waals surface area contributed by atoms with Crippen LogP contribution in [0.2, 0.25) is 0 Å². The third kappa shape index (κ3) is 24.3. The van der Waals surface area contributed by atoms with Crippen molar-refractivity contribution in [3.05, 3.63) is 117 Å². The molecular formula is C100H150N4. The molecule has 5 heterocycles. The first-order valence-electron chi connectivity index (χ1n) is 45.3. The number of hydrogen-bond acceptors (Lipinski definition) is 2. The van der Waals surface area contributed by atoms with E-state index in [1.54, 1.807) is 0 Å². The lowest BCUT2D eigenvalue weighted by molar-refractivity contribution is 0.606. The summed E-state index contributed by atoms with van der Waals surface area (Å²) in [5, 5.41) is 5.76. The van der Waals surface area contributed by atoms with Crippen molar-refractivity contribution in [2.24, 2.45) is 0 Å². The third-order valence-corrected chi connectivity index (χ3v) is 24.2. The van der Waals surface area contributed by atoms with Gasteiger partial charge in [0.25, 0.3) is 0 Å². The summed E-state index contributed by atoms with van der Waals surface area (Å²) < 4.78 is 0. The smallest absolute Gasteiger partial charge is 0.0740 e. The van der Waals surface area contributed by atoms with E-state index < -0.39 is 0 Å². The average Bonchev–Trinajstić information content (AvgIpc) is 1.58. The van der Waals surface area contributed by atoms with Gasteiger partial charge in [-0.05, 0) is 172 Å². The number of nitrogens with one attached hydrogen (secondary N) is 2. The van der Waals surface area contributed by atoms with Gasteiger partial charge in [-0.2, -0.15) is 0 Å². The van der Waals surface area contributed by atoms with Gasteiger partial charge < -0.3 is 9.97 Å². The molecule has 9 rings (SSSR count). The summed E-state index contributed by atoms with van der Waals surface area (Å²) in [4.78, 5) is 21.4. The number of fused-ring (bicyclic) bond motifs is 20. The minimum Gasteiger partial charge on any atom is -0.354 e. The summed E-state index contributed by atoms with van der Waals surface area (Å²) in [5.41, 5.74) is 27.2. The van der Waals surface area contributed by atoms with Crippen LogP contribution in [-0.2, 0) is 51.4 Å². The van der Waals surface area contributed by atoms with Crippen LogP contribution in [0.25, 0.3) is 88.6 Å². The molecule has 2 aliphatic rings. The molecule has 104 heavy (non-hydrogen) atoms. The summed E-state index contributed by atoms with van der Waals surface area (Å²) in [6, 6.07) is 31.1. The van der Waals surface area contributed by atoms with Crippen LogP contribution < -0.4 is 0 Å². The van der Waals surface area contributed by atoms with Gasteiger partial charge in [0.15, 0.2) is 0 Å². The fourth-order valence-electron chi connectivity index (χ4n) is 18.0. The Kier molecular flexibility index (Phi) is 37.6. The fourth-order valence-corrected chi connectivity index (χ4v) is 18.0. The van der Waals surface area contributed by atoms with Crippen molar-refractivity contribution in [2.45, 2.75) is 415 Å². The standard InChI is InChI=1S/C100H150N4/c1-9-17-25-33-41-49-57-77-65-66-78(58-50-42-34-26-18-10-2)94-86-74-88-96-80(60-52-44-36-28-20-12-4)69-70-82(62-54-46-38-30-22-14-6)98(96)90(103-88)76-92-100-84(64-56-48-40-32-24-16-8)72-71-83(63-55-47-39-31-23-15-7)99(100)91(104-92)75-89-97-81(61-53-45-37-29-21-13-5)68-67-79(59-51-43-35-27-19-11-3)95(97)87(102-89)73-85(101-86)93(77)94/h65-76,101,104H,9-64H2,1-8H3. The number of rotatable bonds is 56. The van der Waals surface area contributed by atoms with Gasteiger partial charge in [-0.1, -0.05) is 361 Å². The van der Waals surface area contributed by atoms with Gasteiger partial charge in [0.1, 0.15) is 0 Å². The van der Waals surface area contributed by atoms with Crippen molar-refractivity contribution in [3.63, 3.8) is 0 Å². The van der Waals surface area contributed by atoms with E-state index in [0.29, 0.717) is 0 Å². The molecule has 0 saturated heterocycles. The van der Waals surface area contributed by atoms with Crippen molar-refractivity contribution >= 4 is 43.6 Å². The highest BCUT2D eigenvalue weighted by Gasteiger charge is 2.28. The molecule has 0 atom stereocenters. The Morgan fingerprint density at radius 2 is 0.327 bits per heavy atom. The Hall–Kier alpha value is -5.48. The number of hydrogen-bond donors (Lipinski definition) is 2. The van der Waals surface area contributed by atoms with Crippen molar-refractivity contribution in [2.75, 3.05) is 0 Å². The Morgan fingerprint density at radius 1 is 0.183 bits per heavy atom. The lowest BCUT2D eigenvalue weighted by Gasteiger charge is -2.14. The van der Waals surface area contributed by atoms with Crippen LogP contribution in [0.4, 0.5) is 0 Å². The van der Waals surface area contributed by atoms with Crippen molar-refractivity contribution in [1.82, 2.24) is 19.9 Å². The van der Waals surface area contributed by atoms with Crippen LogP contribution in [0.3, 0.4) is 0 Å². The molecule has 0 aliphatic carbocycles. The Morgan fingerprint density at radius 3 is 0.500 bits per heavy atom. The number of aromatic amines is 2. The zero-order valence-corrected chi connectivity index (χ0v) is 68.4. The molecule has 4 aromatic carbocycles. The molecule has 3 aromatic heterocycles. The van der Waals surface area contributed by atoms with Crippen molar-refractivity contribution in [1.29, 1.82) is 0 Å². The molecule has 4 nitrogen and oxygen atoms in total. The number of benzene rings is 4. The lowest BCUT2D eigenvalue weighted by atomic mass is 9.88. The van der Waals surface area contributed by atoms with E-state index >= 15 is 0 Å². The van der Waals surface area contributed by atoms with Crippen LogP contribution >= 0.6 is 0 Å². The zero-order chi connectivity index (χ0) is 72.8. The maximum Gasteiger partial charge on any atom is 0.0740 e. The van der Waals surface area contributed by atoms with E-state index in [0.717, 1.165) is 74.1 Å². The molecular weight excluding hydrogens is 1260 g/mol. The van der Waals surface area contributed by atoms with Gasteiger partial charge in [0.05, 0.1) is 22.8 Å². The number of nitrogens with zero attached hydrogens (tertiary/aromatic N) is 2. The first-order chi connectivity index (χ1) is 51.4. The maximum atomic E-state index is 6.24. The van der Waals surface area contributed by atoms with Crippen LogP contribution in [0.15, 0.2) is 72.8 Å². The van der Waals surface area contributed by atoms with Crippen LogP contribution in [0.1, 0.15) is 408 Å². The summed E-state index contributed by atoms with van der Waals surface area (Å²) in [5.74, 6) is 0. The van der Waals surface area contributed by atoms with E-state index in [9.17, 15) is 0 Å². The van der Waals surface area contributed by atoms with Gasteiger partial charge in [-0.15, -0.1) is 0 Å². The van der Waals surface area contributed by atoms with E-state index in [4.69, 9.17) is 9.97 Å². The molecule has 570 valence electrons. The Balaban J connectivity index is 1.42. The second-order valence-electron chi connectivity index (χ2n) is 32.9. The summed E-state index contributed by atoms with van der Waals surface area (Å²) in [6.07, 6.45) is 70.8. The number of unbranched alkanes of at least 4 members (excludes halogenated alkanes) is 40. The fraction of sp³-hybridized carbons (Fsp3) is 0.640. The number of aryl methyl sites for hydroxylation is 8. The molecule has 8 bridgehead atoms. The third-order valence-electron chi connectivity index (χ3n) is 24.2. The van der Waals surface area contributed by atoms with E-state index in [-0.39, 0.29) is 0 Å². The summed E-state index contributed by atoms with van der Waals surface area (Å²) in [7, 11) is 0. The van der Waals surface area contributed by atoms with Crippen molar-refractivity contribution < 1.29 is 0 Å². The normalized spacial score (nSPS) is 12.1. The average molecular weight is 1410 g/mol. The Labute approximate surface area is 637 Å². The van der Waals surface area contributed by atoms with Crippen LogP contribution in [-0.4, -0.2) is 19.9 Å². The molecule has 4 heteroatoms. The summed E-state index contributed by atoms with van der Waals surface area (Å²) >= 11 is 0. The van der Waals surface area contributed by atoms with Gasteiger partial charge >= 0.3 is 0 Å². The lowest BCUT2D eigenvalue weighted by Crippen LogP contribution is -1.97. The molecule has 2 N–H and O–H groups in total. The first kappa shape index (κ1) is 82.6. The minimum absolute atomic E-state index is 1.08. The molecule has 2 aliphatic heterocycles. The monoisotopic (exact) mass is 1410 g/mol.